The van der Waals surface area contributed by atoms with E-state index in [4.69, 9.17) is 15.6 Å². The first-order chi connectivity index (χ1) is 13.7. The fourth-order valence-corrected chi connectivity index (χ4v) is 2.92. The summed E-state index contributed by atoms with van der Waals surface area (Å²) in [5, 5.41) is 7.12. The molecule has 1 aliphatic heterocycles. The van der Waals surface area contributed by atoms with Gasteiger partial charge in [0.25, 0.3) is 0 Å². The van der Waals surface area contributed by atoms with Crippen LogP contribution in [0.25, 0.3) is 0 Å². The predicted molar refractivity (Wildman–Crippen MR) is 99.3 cm³/mol. The summed E-state index contributed by atoms with van der Waals surface area (Å²) in [6, 6.07) is 6.31. The van der Waals surface area contributed by atoms with Gasteiger partial charge in [0.2, 0.25) is 5.91 Å². The van der Waals surface area contributed by atoms with Crippen molar-refractivity contribution in [3.63, 3.8) is 0 Å². The number of amides is 1. The minimum atomic E-state index is -5.08. The highest BCUT2D eigenvalue weighted by molar-refractivity contribution is 5.95. The highest BCUT2D eigenvalue weighted by Gasteiger charge is 2.38. The Hall–Kier alpha value is -3.01. The molecule has 156 valence electrons. The van der Waals surface area contributed by atoms with E-state index in [1.165, 1.54) is 17.5 Å². The Labute approximate surface area is 165 Å². The van der Waals surface area contributed by atoms with E-state index in [0.29, 0.717) is 13.0 Å². The smallest absolute Gasteiger partial charge is 0.475 e. The van der Waals surface area contributed by atoms with E-state index in [9.17, 15) is 18.0 Å². The summed E-state index contributed by atoms with van der Waals surface area (Å²) >= 11 is 0. The molecule has 1 aromatic heterocycles. The molecule has 1 aromatic carbocycles. The van der Waals surface area contributed by atoms with E-state index in [-0.39, 0.29) is 5.91 Å². The molecule has 7 nitrogen and oxygen atoms in total. The number of fused-ring (bicyclic) bond motifs is 1. The van der Waals surface area contributed by atoms with Crippen LogP contribution in [0.15, 0.2) is 36.9 Å². The molecule has 0 saturated carbocycles. The van der Waals surface area contributed by atoms with E-state index in [1.54, 1.807) is 12.4 Å². The Bertz CT molecular complexity index is 844. The van der Waals surface area contributed by atoms with Crippen LogP contribution in [0, 0.1) is 0 Å². The quantitative estimate of drug-likeness (QED) is 0.799. The average molecular weight is 410 g/mol. The number of anilines is 1. The highest BCUT2D eigenvalue weighted by atomic mass is 19.4. The number of carbonyl (C=O) groups is 2. The van der Waals surface area contributed by atoms with Crippen LogP contribution < -0.4 is 10.6 Å². The molecule has 3 N–H and O–H groups in total. The van der Waals surface area contributed by atoms with Crippen molar-refractivity contribution in [3.8, 4) is 0 Å². The first-order valence-electron chi connectivity index (χ1n) is 8.88. The molecule has 0 bridgehead atoms. The molecular weight excluding hydrogens is 389 g/mol. The van der Waals surface area contributed by atoms with Crippen molar-refractivity contribution in [2.24, 2.45) is 5.73 Å². The van der Waals surface area contributed by atoms with Crippen LogP contribution >= 0.6 is 0 Å². The van der Waals surface area contributed by atoms with E-state index >= 15 is 0 Å². The van der Waals surface area contributed by atoms with Gasteiger partial charge >= 0.3 is 12.1 Å². The van der Waals surface area contributed by atoms with Gasteiger partial charge in [-0.1, -0.05) is 12.1 Å². The van der Waals surface area contributed by atoms with Gasteiger partial charge in [0.1, 0.15) is 6.33 Å². The zero-order chi connectivity index (χ0) is 21.4. The SMILES string of the molecule is NCCc1ccc2c(c1)CCCN2C(=O)Cc1cncnc1.O=C(O)C(F)(F)F. The Morgan fingerprint density at radius 3 is 2.41 bits per heavy atom. The maximum Gasteiger partial charge on any atom is 0.490 e. The lowest BCUT2D eigenvalue weighted by Gasteiger charge is -2.30. The van der Waals surface area contributed by atoms with Crippen molar-refractivity contribution in [2.75, 3.05) is 18.0 Å². The highest BCUT2D eigenvalue weighted by Crippen LogP contribution is 2.28. The summed E-state index contributed by atoms with van der Waals surface area (Å²) in [4.78, 5) is 31.3. The van der Waals surface area contributed by atoms with Crippen molar-refractivity contribution in [3.05, 3.63) is 53.6 Å². The van der Waals surface area contributed by atoms with Crippen molar-refractivity contribution < 1.29 is 27.9 Å². The van der Waals surface area contributed by atoms with Crippen LogP contribution in [-0.2, 0) is 28.9 Å². The third-order valence-electron chi connectivity index (χ3n) is 4.21. The number of aryl methyl sites for hydroxylation is 1. The molecule has 0 saturated heterocycles. The third kappa shape index (κ3) is 6.53. The third-order valence-corrected chi connectivity index (χ3v) is 4.21. The molecule has 2 heterocycles. The number of nitrogens with two attached hydrogens (primary N) is 1. The van der Waals surface area contributed by atoms with Gasteiger partial charge in [0.15, 0.2) is 0 Å². The van der Waals surface area contributed by atoms with Gasteiger partial charge in [0, 0.05) is 24.6 Å². The molecule has 0 aliphatic carbocycles. The van der Waals surface area contributed by atoms with Gasteiger partial charge in [-0.3, -0.25) is 4.79 Å². The van der Waals surface area contributed by atoms with Gasteiger partial charge in [-0.2, -0.15) is 13.2 Å². The van der Waals surface area contributed by atoms with Gasteiger partial charge in [0.05, 0.1) is 6.42 Å². The van der Waals surface area contributed by atoms with Gasteiger partial charge in [-0.15, -0.1) is 0 Å². The van der Waals surface area contributed by atoms with Crippen molar-refractivity contribution >= 4 is 17.6 Å². The number of aromatic nitrogens is 2. The zero-order valence-corrected chi connectivity index (χ0v) is 15.5. The van der Waals surface area contributed by atoms with Crippen molar-refractivity contribution in [1.29, 1.82) is 0 Å². The lowest BCUT2D eigenvalue weighted by Crippen LogP contribution is -2.36. The summed E-state index contributed by atoms with van der Waals surface area (Å²) < 4.78 is 31.7. The van der Waals surface area contributed by atoms with E-state index in [1.807, 2.05) is 4.90 Å². The summed E-state index contributed by atoms with van der Waals surface area (Å²) in [6.07, 6.45) is 3.01. The number of carboxylic acid groups (broad SMARTS) is 1. The number of alkyl halides is 3. The minimum absolute atomic E-state index is 0.0994. The largest absolute Gasteiger partial charge is 0.490 e. The number of hydrogen-bond donors (Lipinski definition) is 2. The summed E-state index contributed by atoms with van der Waals surface area (Å²) in [7, 11) is 0. The van der Waals surface area contributed by atoms with Crippen molar-refractivity contribution in [2.45, 2.75) is 31.9 Å². The first kappa shape index (κ1) is 22.3. The monoisotopic (exact) mass is 410 g/mol. The fraction of sp³-hybridized carbons (Fsp3) is 0.368. The Morgan fingerprint density at radius 1 is 1.17 bits per heavy atom. The lowest BCUT2D eigenvalue weighted by molar-refractivity contribution is -0.192. The molecule has 29 heavy (non-hydrogen) atoms. The lowest BCUT2D eigenvalue weighted by atomic mass is 9.97. The zero-order valence-electron chi connectivity index (χ0n) is 15.5. The maximum absolute atomic E-state index is 12.6. The summed E-state index contributed by atoms with van der Waals surface area (Å²) in [5.41, 5.74) is 9.99. The van der Waals surface area contributed by atoms with Gasteiger partial charge in [-0.05, 0) is 48.6 Å². The maximum atomic E-state index is 12.6. The Kier molecular flexibility index (Phi) is 7.66. The number of aliphatic carboxylic acids is 1. The summed E-state index contributed by atoms with van der Waals surface area (Å²) in [6.45, 7) is 1.42. The molecule has 0 radical (unpaired) electrons. The minimum Gasteiger partial charge on any atom is -0.475 e. The van der Waals surface area contributed by atoms with E-state index in [2.05, 4.69) is 28.2 Å². The molecule has 2 aromatic rings. The molecule has 0 fully saturated rings. The predicted octanol–water partition coefficient (Wildman–Crippen LogP) is 2.13. The molecule has 3 rings (SSSR count). The first-order valence-corrected chi connectivity index (χ1v) is 8.88. The van der Waals surface area contributed by atoms with Crippen LogP contribution in [0.4, 0.5) is 18.9 Å². The molecule has 0 unspecified atom stereocenters. The molecule has 1 aliphatic rings. The second kappa shape index (κ2) is 9.97. The van der Waals surface area contributed by atoms with Crippen LogP contribution in [0.5, 0.6) is 0 Å². The van der Waals surface area contributed by atoms with E-state index in [0.717, 1.165) is 37.1 Å². The number of rotatable bonds is 4. The number of carbonyl (C=O) groups excluding carboxylic acids is 1. The second-order valence-electron chi connectivity index (χ2n) is 6.38. The molecule has 1 amide bonds. The number of halogens is 3. The van der Waals surface area contributed by atoms with E-state index < -0.39 is 12.1 Å². The Balaban J connectivity index is 0.000000370. The molecule has 0 spiro atoms. The molecule has 0 atom stereocenters. The normalized spacial score (nSPS) is 13.2. The summed E-state index contributed by atoms with van der Waals surface area (Å²) in [5.74, 6) is -2.66. The number of carboxylic acids is 1. The molecule has 10 heteroatoms. The fourth-order valence-electron chi connectivity index (χ4n) is 2.92. The van der Waals surface area contributed by atoms with Crippen LogP contribution in [0.3, 0.4) is 0 Å². The number of hydrogen-bond acceptors (Lipinski definition) is 5. The topological polar surface area (TPSA) is 109 Å². The van der Waals surface area contributed by atoms with Crippen molar-refractivity contribution in [1.82, 2.24) is 9.97 Å². The Morgan fingerprint density at radius 2 is 1.83 bits per heavy atom. The second-order valence-corrected chi connectivity index (χ2v) is 6.38. The number of benzene rings is 1. The van der Waals surface area contributed by atoms with Gasteiger partial charge < -0.3 is 15.7 Å². The van der Waals surface area contributed by atoms with Crippen LogP contribution in [0.2, 0.25) is 0 Å². The standard InChI is InChI=1S/C17H20N4O.C2HF3O2/c18-6-5-13-3-4-16-15(8-13)2-1-7-21(16)17(22)9-14-10-19-12-20-11-14;3-2(4,5)1(6)7/h3-4,8,10-12H,1-2,5-7,9,18H2;(H,6,7). The van der Waals surface area contributed by atoms with Crippen LogP contribution in [0.1, 0.15) is 23.1 Å². The van der Waals surface area contributed by atoms with Crippen LogP contribution in [-0.4, -0.2) is 46.2 Å². The molecular formula is C19H21F3N4O3. The number of nitrogens with zero attached hydrogens (tertiary/aromatic N) is 3. The van der Waals surface area contributed by atoms with Gasteiger partial charge in [-0.25, -0.2) is 14.8 Å². The average Bonchev–Trinajstić information content (AvgIpc) is 2.68.